The van der Waals surface area contributed by atoms with Gasteiger partial charge in [-0.25, -0.2) is 9.18 Å². The van der Waals surface area contributed by atoms with Crippen LogP contribution < -0.4 is 5.32 Å². The fourth-order valence-electron chi connectivity index (χ4n) is 3.86. The lowest BCUT2D eigenvalue weighted by Crippen LogP contribution is -2.51. The molecule has 1 amide bonds. The molecule has 0 aromatic heterocycles. The molecule has 1 aromatic carbocycles. The molecule has 2 aliphatic rings. The molecule has 6 heteroatoms. The van der Waals surface area contributed by atoms with Crippen LogP contribution >= 0.6 is 0 Å². The fraction of sp³-hybridized carbons (Fsp3) is 0.579. The van der Waals surface area contributed by atoms with Crippen molar-refractivity contribution in [3.05, 3.63) is 29.6 Å². The Morgan fingerprint density at radius 1 is 1.32 bits per heavy atom. The predicted octanol–water partition coefficient (Wildman–Crippen LogP) is 4.04. The molecule has 0 aliphatic carbocycles. The number of nitrogens with one attached hydrogen (secondary N) is 1. The maximum Gasteiger partial charge on any atom is 0.410 e. The van der Waals surface area contributed by atoms with Gasteiger partial charge in [-0.05, 0) is 64.7 Å². The lowest BCUT2D eigenvalue weighted by Gasteiger charge is -2.40. The smallest absolute Gasteiger partial charge is 0.410 e. The Morgan fingerprint density at radius 2 is 1.96 bits per heavy atom. The molecule has 0 spiro atoms. The Morgan fingerprint density at radius 3 is 2.52 bits per heavy atom. The van der Waals surface area contributed by atoms with Crippen molar-refractivity contribution < 1.29 is 13.9 Å². The number of piperidine rings is 1. The van der Waals surface area contributed by atoms with Crippen molar-refractivity contribution in [3.8, 4) is 6.07 Å². The highest BCUT2D eigenvalue weighted by molar-refractivity contribution is 5.70. The number of halogens is 1. The average molecular weight is 345 g/mol. The molecule has 134 valence electrons. The Bertz CT molecular complexity index is 694. The highest BCUT2D eigenvalue weighted by Gasteiger charge is 2.44. The summed E-state index contributed by atoms with van der Waals surface area (Å²) in [6, 6.07) is 6.70. The molecule has 2 saturated heterocycles. The summed E-state index contributed by atoms with van der Waals surface area (Å²) in [6.45, 7) is 5.62. The van der Waals surface area contributed by atoms with Crippen LogP contribution in [0.4, 0.5) is 14.9 Å². The van der Waals surface area contributed by atoms with Crippen molar-refractivity contribution in [2.45, 2.75) is 70.2 Å². The van der Waals surface area contributed by atoms with Gasteiger partial charge in [-0.1, -0.05) is 0 Å². The minimum atomic E-state index is -0.499. The molecule has 2 aliphatic heterocycles. The molecule has 2 fully saturated rings. The lowest BCUT2D eigenvalue weighted by atomic mass is 9.97. The van der Waals surface area contributed by atoms with Crippen LogP contribution in [-0.4, -0.2) is 34.7 Å². The van der Waals surface area contributed by atoms with Crippen molar-refractivity contribution in [3.63, 3.8) is 0 Å². The molecule has 0 radical (unpaired) electrons. The van der Waals surface area contributed by atoms with E-state index in [0.717, 1.165) is 25.7 Å². The first kappa shape index (κ1) is 17.5. The van der Waals surface area contributed by atoms with Crippen LogP contribution in [0.1, 0.15) is 52.0 Å². The second-order valence-electron chi connectivity index (χ2n) is 7.89. The lowest BCUT2D eigenvalue weighted by molar-refractivity contribution is 0.00683. The van der Waals surface area contributed by atoms with Gasteiger partial charge in [0.1, 0.15) is 17.5 Å². The van der Waals surface area contributed by atoms with Gasteiger partial charge in [-0.3, -0.25) is 0 Å². The van der Waals surface area contributed by atoms with E-state index in [-0.39, 0.29) is 24.2 Å². The molecule has 25 heavy (non-hydrogen) atoms. The summed E-state index contributed by atoms with van der Waals surface area (Å²) in [5, 5.41) is 12.6. The van der Waals surface area contributed by atoms with E-state index < -0.39 is 11.4 Å². The highest BCUT2D eigenvalue weighted by Crippen LogP contribution is 2.38. The number of benzene rings is 1. The molecule has 1 aromatic rings. The normalized spacial score (nSPS) is 25.4. The van der Waals surface area contributed by atoms with Crippen LogP contribution in [0.3, 0.4) is 0 Å². The van der Waals surface area contributed by atoms with Crippen LogP contribution in [0.2, 0.25) is 0 Å². The molecular formula is C19H24FN3O2. The average Bonchev–Trinajstić information content (AvgIpc) is 2.79. The summed E-state index contributed by atoms with van der Waals surface area (Å²) >= 11 is 0. The van der Waals surface area contributed by atoms with Gasteiger partial charge in [-0.15, -0.1) is 0 Å². The molecule has 1 N–H and O–H groups in total. The summed E-state index contributed by atoms with van der Waals surface area (Å²) in [5.74, 6) is -0.415. The van der Waals surface area contributed by atoms with Crippen molar-refractivity contribution in [2.75, 3.05) is 5.32 Å². The maximum atomic E-state index is 13.3. The van der Waals surface area contributed by atoms with E-state index in [1.54, 1.807) is 6.07 Å². The standard InChI is InChI=1S/C19H24FN3O2/c1-19(2,3)25-18(24)23-15-5-6-16(23)10-14(9-15)22-17-7-4-13(20)8-12(17)11-21/h4,7-8,14-16,22H,5-6,9-10H2,1-3H3. The van der Waals surface area contributed by atoms with E-state index in [1.165, 1.54) is 12.1 Å². The number of carbonyl (C=O) groups excluding carboxylic acids is 1. The minimum Gasteiger partial charge on any atom is -0.444 e. The van der Waals surface area contributed by atoms with Gasteiger partial charge in [0.2, 0.25) is 0 Å². The Labute approximate surface area is 147 Å². The van der Waals surface area contributed by atoms with E-state index in [1.807, 2.05) is 31.7 Å². The van der Waals surface area contributed by atoms with Gasteiger partial charge in [-0.2, -0.15) is 5.26 Å². The zero-order valence-corrected chi connectivity index (χ0v) is 14.9. The summed E-state index contributed by atoms with van der Waals surface area (Å²) in [7, 11) is 0. The first-order chi connectivity index (χ1) is 11.8. The van der Waals surface area contributed by atoms with Gasteiger partial charge in [0.15, 0.2) is 0 Å². The number of rotatable bonds is 2. The summed E-state index contributed by atoms with van der Waals surface area (Å²) in [5.41, 5.74) is 0.461. The van der Waals surface area contributed by atoms with Crippen LogP contribution in [-0.2, 0) is 4.74 Å². The van der Waals surface area contributed by atoms with Gasteiger partial charge in [0.05, 0.1) is 11.3 Å². The van der Waals surface area contributed by atoms with E-state index >= 15 is 0 Å². The number of nitrogens with zero attached hydrogens (tertiary/aromatic N) is 2. The minimum absolute atomic E-state index is 0.150. The largest absolute Gasteiger partial charge is 0.444 e. The van der Waals surface area contributed by atoms with E-state index in [0.29, 0.717) is 11.3 Å². The van der Waals surface area contributed by atoms with Gasteiger partial charge in [0.25, 0.3) is 0 Å². The molecule has 2 atom stereocenters. The molecule has 0 saturated carbocycles. The summed E-state index contributed by atoms with van der Waals surface area (Å²) in [6.07, 6.45) is 3.31. The van der Waals surface area contributed by atoms with Crippen molar-refractivity contribution in [1.29, 1.82) is 5.26 Å². The summed E-state index contributed by atoms with van der Waals surface area (Å²) in [4.78, 5) is 14.4. The number of amides is 1. The number of carbonyl (C=O) groups is 1. The van der Waals surface area contributed by atoms with Crippen molar-refractivity contribution in [1.82, 2.24) is 4.90 Å². The molecule has 3 rings (SSSR count). The molecular weight excluding hydrogens is 321 g/mol. The Hall–Kier alpha value is -2.29. The van der Waals surface area contributed by atoms with Gasteiger partial charge < -0.3 is 15.0 Å². The van der Waals surface area contributed by atoms with Crippen LogP contribution in [0.5, 0.6) is 0 Å². The number of fused-ring (bicyclic) bond motifs is 2. The second kappa shape index (κ2) is 6.55. The number of nitriles is 1. The van der Waals surface area contributed by atoms with Gasteiger partial charge in [0, 0.05) is 18.1 Å². The fourth-order valence-corrected chi connectivity index (χ4v) is 3.86. The second-order valence-corrected chi connectivity index (χ2v) is 7.89. The van der Waals surface area contributed by atoms with Gasteiger partial charge >= 0.3 is 6.09 Å². The molecule has 2 unspecified atom stereocenters. The van der Waals surface area contributed by atoms with E-state index in [2.05, 4.69) is 5.32 Å². The van der Waals surface area contributed by atoms with E-state index in [9.17, 15) is 14.4 Å². The number of anilines is 1. The maximum absolute atomic E-state index is 13.3. The quantitative estimate of drug-likeness (QED) is 0.878. The number of hydrogen-bond donors (Lipinski definition) is 1. The topological polar surface area (TPSA) is 65.4 Å². The van der Waals surface area contributed by atoms with Crippen LogP contribution in [0.25, 0.3) is 0 Å². The zero-order valence-electron chi connectivity index (χ0n) is 14.9. The Balaban J connectivity index is 1.68. The molecule has 2 bridgehead atoms. The number of hydrogen-bond acceptors (Lipinski definition) is 4. The van der Waals surface area contributed by atoms with Crippen LogP contribution in [0, 0.1) is 17.1 Å². The Kier molecular flexibility index (Phi) is 4.59. The first-order valence-electron chi connectivity index (χ1n) is 8.74. The van der Waals surface area contributed by atoms with Crippen molar-refractivity contribution in [2.24, 2.45) is 0 Å². The molecule has 5 nitrogen and oxygen atoms in total. The predicted molar refractivity (Wildman–Crippen MR) is 92.6 cm³/mol. The third-order valence-corrected chi connectivity index (χ3v) is 4.80. The zero-order chi connectivity index (χ0) is 18.2. The molecule has 2 heterocycles. The van der Waals surface area contributed by atoms with Crippen molar-refractivity contribution >= 4 is 11.8 Å². The SMILES string of the molecule is CC(C)(C)OC(=O)N1C2CCC1CC(Nc1ccc(F)cc1C#N)C2. The third-order valence-electron chi connectivity index (χ3n) is 4.80. The van der Waals surface area contributed by atoms with Crippen LogP contribution in [0.15, 0.2) is 18.2 Å². The first-order valence-corrected chi connectivity index (χ1v) is 8.74. The van der Waals surface area contributed by atoms with E-state index in [4.69, 9.17) is 4.74 Å². The number of ether oxygens (including phenoxy) is 1. The highest BCUT2D eigenvalue weighted by atomic mass is 19.1. The monoisotopic (exact) mass is 345 g/mol. The third kappa shape index (κ3) is 3.87. The summed E-state index contributed by atoms with van der Waals surface area (Å²) < 4.78 is 18.8.